The Kier molecular flexibility index (Phi) is 1.17. The summed E-state index contributed by atoms with van der Waals surface area (Å²) in [6, 6.07) is 0. The number of allylic oxidation sites excluding steroid dienone is 2. The van der Waals surface area contributed by atoms with Gasteiger partial charge in [-0.15, -0.1) is 0 Å². The number of hydrogen-bond acceptors (Lipinski definition) is 2. The van der Waals surface area contributed by atoms with Crippen LogP contribution < -0.4 is 0 Å². The Hall–Kier alpha value is -0.535. The highest BCUT2D eigenvalue weighted by molar-refractivity contribution is 6.19. The van der Waals surface area contributed by atoms with Crippen molar-refractivity contribution >= 4 is 7.69 Å². The number of hydrogen-bond donors (Lipinski definition) is 0. The Balaban J connectivity index is 2.18. The fourth-order valence-electron chi connectivity index (χ4n) is 0.972. The van der Waals surface area contributed by atoms with Gasteiger partial charge in [0.25, 0.3) is 0 Å². The Labute approximate surface area is 54.5 Å². The first-order valence-electron chi connectivity index (χ1n) is 2.94. The fraction of sp³-hybridized carbons (Fsp3) is 0.333. The molecule has 3 heteroatoms. The van der Waals surface area contributed by atoms with Crippen LogP contribution >= 0.6 is 0 Å². The maximum absolute atomic E-state index is 5.07. The molecule has 0 bridgehead atoms. The molecule has 1 saturated heterocycles. The van der Waals surface area contributed by atoms with Gasteiger partial charge >= 0.3 is 7.69 Å². The van der Waals surface area contributed by atoms with Gasteiger partial charge < -0.3 is 9.31 Å². The fourth-order valence-corrected chi connectivity index (χ4v) is 0.972. The van der Waals surface area contributed by atoms with Crippen LogP contribution in [0.3, 0.4) is 0 Å². The molecule has 1 fully saturated rings. The number of rotatable bonds is 0. The second kappa shape index (κ2) is 2.01. The first kappa shape index (κ1) is 5.27. The van der Waals surface area contributed by atoms with Gasteiger partial charge in [0.2, 0.25) is 0 Å². The third kappa shape index (κ3) is 0.822. The van der Waals surface area contributed by atoms with Crippen molar-refractivity contribution < 1.29 is 9.31 Å². The minimum Gasteiger partial charge on any atom is -0.404 e. The van der Waals surface area contributed by atoms with Crippen LogP contribution in [0.2, 0.25) is 0 Å². The highest BCUT2D eigenvalue weighted by atomic mass is 16.6. The van der Waals surface area contributed by atoms with Gasteiger partial charge in [-0.25, -0.2) is 0 Å². The van der Waals surface area contributed by atoms with Crippen molar-refractivity contribution in [2.24, 2.45) is 0 Å². The molecule has 2 nitrogen and oxygen atoms in total. The normalized spacial score (nSPS) is 38.2. The van der Waals surface area contributed by atoms with E-state index in [0.29, 0.717) is 0 Å². The zero-order valence-corrected chi connectivity index (χ0v) is 4.86. The Morgan fingerprint density at radius 2 is 1.56 bits per heavy atom. The van der Waals surface area contributed by atoms with Crippen LogP contribution in [0.1, 0.15) is 0 Å². The molecule has 2 atom stereocenters. The van der Waals surface area contributed by atoms with Gasteiger partial charge in [-0.1, -0.05) is 24.3 Å². The third-order valence-corrected chi connectivity index (χ3v) is 1.46. The quantitative estimate of drug-likeness (QED) is 0.432. The van der Waals surface area contributed by atoms with Crippen LogP contribution in [0.5, 0.6) is 0 Å². The molecule has 0 aromatic heterocycles. The van der Waals surface area contributed by atoms with Crippen molar-refractivity contribution in [2.75, 3.05) is 0 Å². The van der Waals surface area contributed by atoms with E-state index < -0.39 is 0 Å². The molecule has 0 saturated carbocycles. The van der Waals surface area contributed by atoms with Gasteiger partial charge in [0.15, 0.2) is 0 Å². The van der Waals surface area contributed by atoms with Crippen LogP contribution in [0.4, 0.5) is 0 Å². The van der Waals surface area contributed by atoms with Crippen molar-refractivity contribution in [2.45, 2.75) is 12.2 Å². The average Bonchev–Trinajstić information content (AvgIpc) is 2.33. The predicted octanol–water partition coefficient (Wildman–Crippen LogP) is 0.431. The van der Waals surface area contributed by atoms with Gasteiger partial charge in [0, 0.05) is 0 Å². The second-order valence-electron chi connectivity index (χ2n) is 2.07. The van der Waals surface area contributed by atoms with Gasteiger partial charge in [-0.2, -0.15) is 0 Å². The van der Waals surface area contributed by atoms with E-state index in [1.807, 2.05) is 24.3 Å². The molecule has 2 rings (SSSR count). The van der Waals surface area contributed by atoms with E-state index in [1.165, 1.54) is 7.69 Å². The molecular weight excluding hydrogens is 115 g/mol. The lowest BCUT2D eigenvalue weighted by Crippen LogP contribution is -2.18. The smallest absolute Gasteiger partial charge is 0.404 e. The first-order chi connectivity index (χ1) is 4.47. The SMILES string of the molecule is [B]1OC2C=CC=CC2O1. The second-order valence-corrected chi connectivity index (χ2v) is 2.07. The van der Waals surface area contributed by atoms with Crippen molar-refractivity contribution in [3.8, 4) is 0 Å². The maximum atomic E-state index is 5.07. The van der Waals surface area contributed by atoms with Crippen molar-refractivity contribution in [1.29, 1.82) is 0 Å². The zero-order chi connectivity index (χ0) is 6.10. The molecular formula is C6H6BO2. The third-order valence-electron chi connectivity index (χ3n) is 1.46. The Morgan fingerprint density at radius 3 is 2.11 bits per heavy atom. The lowest BCUT2D eigenvalue weighted by Gasteiger charge is -2.12. The van der Waals surface area contributed by atoms with E-state index in [2.05, 4.69) is 0 Å². The molecule has 1 aliphatic heterocycles. The van der Waals surface area contributed by atoms with Gasteiger partial charge in [-0.05, 0) is 0 Å². The lowest BCUT2D eigenvalue weighted by atomic mass is 10.1. The summed E-state index contributed by atoms with van der Waals surface area (Å²) < 4.78 is 10.1. The highest BCUT2D eigenvalue weighted by Crippen LogP contribution is 2.16. The molecule has 2 aliphatic rings. The minimum absolute atomic E-state index is 0.120. The summed E-state index contributed by atoms with van der Waals surface area (Å²) >= 11 is 0. The van der Waals surface area contributed by atoms with Crippen LogP contribution in [0, 0.1) is 0 Å². The van der Waals surface area contributed by atoms with E-state index in [0.717, 1.165) is 0 Å². The number of fused-ring (bicyclic) bond motifs is 1. The van der Waals surface area contributed by atoms with Gasteiger partial charge in [0.1, 0.15) is 0 Å². The van der Waals surface area contributed by atoms with E-state index in [4.69, 9.17) is 9.31 Å². The largest absolute Gasteiger partial charge is 0.489 e. The molecule has 0 spiro atoms. The summed E-state index contributed by atoms with van der Waals surface area (Å²) in [5, 5.41) is 0. The summed E-state index contributed by atoms with van der Waals surface area (Å²) in [5.74, 6) is 0. The molecule has 0 N–H and O–H groups in total. The van der Waals surface area contributed by atoms with E-state index in [-0.39, 0.29) is 12.2 Å². The standard InChI is InChI=1S/C6H6BO2/c1-2-4-6-5(3-1)8-7-9-6/h1-6H. The molecule has 0 aromatic carbocycles. The molecule has 1 aliphatic carbocycles. The van der Waals surface area contributed by atoms with E-state index in [9.17, 15) is 0 Å². The van der Waals surface area contributed by atoms with Gasteiger partial charge in [0.05, 0.1) is 12.2 Å². The van der Waals surface area contributed by atoms with Crippen LogP contribution in [-0.2, 0) is 9.31 Å². The predicted molar refractivity (Wildman–Crippen MR) is 33.8 cm³/mol. The summed E-state index contributed by atoms with van der Waals surface area (Å²) in [5.41, 5.74) is 0. The van der Waals surface area contributed by atoms with Crippen molar-refractivity contribution in [3.05, 3.63) is 24.3 Å². The Bertz CT molecular complexity index is 146. The summed E-state index contributed by atoms with van der Waals surface area (Å²) in [6.45, 7) is 0. The molecule has 1 heterocycles. The molecule has 1 radical (unpaired) electrons. The highest BCUT2D eigenvalue weighted by Gasteiger charge is 2.26. The van der Waals surface area contributed by atoms with Crippen LogP contribution in [0.25, 0.3) is 0 Å². The van der Waals surface area contributed by atoms with Crippen molar-refractivity contribution in [3.63, 3.8) is 0 Å². The summed E-state index contributed by atoms with van der Waals surface area (Å²) in [7, 11) is 1.40. The van der Waals surface area contributed by atoms with Gasteiger partial charge in [-0.3, -0.25) is 0 Å². The average molecular weight is 121 g/mol. The monoisotopic (exact) mass is 121 g/mol. The summed E-state index contributed by atoms with van der Waals surface area (Å²) in [6.07, 6.45) is 8.13. The lowest BCUT2D eigenvalue weighted by molar-refractivity contribution is 0.233. The molecule has 0 amide bonds. The summed E-state index contributed by atoms with van der Waals surface area (Å²) in [4.78, 5) is 0. The van der Waals surface area contributed by atoms with Crippen LogP contribution in [-0.4, -0.2) is 19.9 Å². The van der Waals surface area contributed by atoms with E-state index >= 15 is 0 Å². The topological polar surface area (TPSA) is 18.5 Å². The maximum Gasteiger partial charge on any atom is 0.489 e. The zero-order valence-electron chi connectivity index (χ0n) is 4.86. The molecule has 45 valence electrons. The molecule has 9 heavy (non-hydrogen) atoms. The Morgan fingerprint density at radius 1 is 1.00 bits per heavy atom. The molecule has 0 aromatic rings. The van der Waals surface area contributed by atoms with Crippen molar-refractivity contribution in [1.82, 2.24) is 0 Å². The first-order valence-corrected chi connectivity index (χ1v) is 2.94. The minimum atomic E-state index is 0.120. The molecule has 2 unspecified atom stereocenters. The van der Waals surface area contributed by atoms with E-state index in [1.54, 1.807) is 0 Å². The van der Waals surface area contributed by atoms with Crippen LogP contribution in [0.15, 0.2) is 24.3 Å².